The van der Waals surface area contributed by atoms with E-state index in [0.29, 0.717) is 12.7 Å². The molecule has 0 saturated carbocycles. The monoisotopic (exact) mass is 492 g/mol. The minimum absolute atomic E-state index is 0.222. The first-order valence-corrected chi connectivity index (χ1v) is 7.83. The second kappa shape index (κ2) is 6.57. The van der Waals surface area contributed by atoms with Crippen LogP contribution >= 0.6 is 45.2 Å². The van der Waals surface area contributed by atoms with E-state index in [1.165, 1.54) is 0 Å². The first-order chi connectivity index (χ1) is 9.49. The summed E-state index contributed by atoms with van der Waals surface area (Å²) in [7, 11) is 0. The second-order valence-corrected chi connectivity index (χ2v) is 6.39. The Morgan fingerprint density at radius 2 is 1.60 bits per heavy atom. The van der Waals surface area contributed by atoms with Crippen molar-refractivity contribution in [1.82, 2.24) is 0 Å². The predicted octanol–water partition coefficient (Wildman–Crippen LogP) is 4.23. The highest BCUT2D eigenvalue weighted by atomic mass is 127. The lowest BCUT2D eigenvalue weighted by molar-refractivity contribution is -0.130. The molecule has 0 spiro atoms. The minimum Gasteiger partial charge on any atom is -0.506 e. The van der Waals surface area contributed by atoms with Crippen molar-refractivity contribution in [2.24, 2.45) is 0 Å². The molecule has 0 heterocycles. The van der Waals surface area contributed by atoms with Gasteiger partial charge in [-0.15, -0.1) is 0 Å². The van der Waals surface area contributed by atoms with Gasteiger partial charge in [0.15, 0.2) is 0 Å². The molecule has 0 fully saturated rings. The fraction of sp³-hybridized carbons (Fsp3) is 0. The smallest absolute Gasteiger partial charge is 0.336 e. The first-order valence-electron chi connectivity index (χ1n) is 5.67. The SMILES string of the molecule is O=C(O)C(=Cc1cc(I)c(O)c(I)c1)c1ccccc1. The normalized spacial score (nSPS) is 11.4. The maximum absolute atomic E-state index is 11.4. The number of hydrogen-bond acceptors (Lipinski definition) is 2. The molecule has 0 amide bonds. The highest BCUT2D eigenvalue weighted by molar-refractivity contribution is 14.1. The van der Waals surface area contributed by atoms with Gasteiger partial charge in [0.1, 0.15) is 5.75 Å². The average molecular weight is 492 g/mol. The van der Waals surface area contributed by atoms with Crippen LogP contribution in [0.15, 0.2) is 42.5 Å². The highest BCUT2D eigenvalue weighted by Crippen LogP contribution is 2.29. The molecule has 0 radical (unpaired) electrons. The number of hydrogen-bond donors (Lipinski definition) is 2. The predicted molar refractivity (Wildman–Crippen MR) is 95.5 cm³/mol. The quantitative estimate of drug-likeness (QED) is 0.384. The van der Waals surface area contributed by atoms with Crippen molar-refractivity contribution in [3.63, 3.8) is 0 Å². The summed E-state index contributed by atoms with van der Waals surface area (Å²) in [5, 5.41) is 19.1. The lowest BCUT2D eigenvalue weighted by Crippen LogP contribution is -1.99. The van der Waals surface area contributed by atoms with Crippen LogP contribution in [0.4, 0.5) is 0 Å². The molecule has 102 valence electrons. The van der Waals surface area contributed by atoms with Gasteiger partial charge < -0.3 is 10.2 Å². The van der Waals surface area contributed by atoms with Crippen LogP contribution < -0.4 is 0 Å². The van der Waals surface area contributed by atoms with Crippen LogP contribution in [-0.2, 0) is 4.79 Å². The molecule has 0 aliphatic rings. The number of halogens is 2. The van der Waals surface area contributed by atoms with Crippen molar-refractivity contribution in [2.75, 3.05) is 0 Å². The number of phenolic OH excluding ortho intramolecular Hbond substituents is 1. The summed E-state index contributed by atoms with van der Waals surface area (Å²) in [6.45, 7) is 0. The van der Waals surface area contributed by atoms with E-state index in [9.17, 15) is 15.0 Å². The standard InChI is InChI=1S/C15H10I2O3/c16-12-7-9(8-13(17)14(12)18)6-11(15(19)20)10-4-2-1-3-5-10/h1-8,18H,(H,19,20). The third-order valence-electron chi connectivity index (χ3n) is 2.67. The summed E-state index contributed by atoms with van der Waals surface area (Å²) >= 11 is 4.05. The summed E-state index contributed by atoms with van der Waals surface area (Å²) in [5.74, 6) is -0.755. The molecule has 2 aromatic carbocycles. The molecule has 0 unspecified atom stereocenters. The molecule has 0 saturated heterocycles. The average Bonchev–Trinajstić information content (AvgIpc) is 2.42. The van der Waals surface area contributed by atoms with E-state index in [1.54, 1.807) is 42.5 Å². The number of phenols is 1. The van der Waals surface area contributed by atoms with Crippen LogP contribution in [0.5, 0.6) is 5.75 Å². The zero-order valence-electron chi connectivity index (χ0n) is 10.2. The molecule has 0 aromatic heterocycles. The summed E-state index contributed by atoms with van der Waals surface area (Å²) in [5.41, 5.74) is 1.62. The van der Waals surface area contributed by atoms with Gasteiger partial charge in [0.05, 0.1) is 12.7 Å². The highest BCUT2D eigenvalue weighted by Gasteiger charge is 2.11. The summed E-state index contributed by atoms with van der Waals surface area (Å²) in [4.78, 5) is 11.4. The van der Waals surface area contributed by atoms with Gasteiger partial charge in [0, 0.05) is 0 Å². The molecule has 0 bridgehead atoms. The third-order valence-corrected chi connectivity index (χ3v) is 4.31. The van der Waals surface area contributed by atoms with Gasteiger partial charge in [-0.1, -0.05) is 30.3 Å². The number of benzene rings is 2. The number of aromatic hydroxyl groups is 1. The molecular formula is C15H10I2O3. The van der Waals surface area contributed by atoms with Crippen molar-refractivity contribution in [1.29, 1.82) is 0 Å². The van der Waals surface area contributed by atoms with Crippen molar-refractivity contribution in [3.8, 4) is 5.75 Å². The van der Waals surface area contributed by atoms with Crippen LogP contribution in [0.25, 0.3) is 11.6 Å². The molecular weight excluding hydrogens is 482 g/mol. The Balaban J connectivity index is 2.53. The molecule has 2 rings (SSSR count). The fourth-order valence-electron chi connectivity index (χ4n) is 1.72. The fourth-order valence-corrected chi connectivity index (χ4v) is 3.54. The van der Waals surface area contributed by atoms with Crippen LogP contribution in [0.1, 0.15) is 11.1 Å². The molecule has 5 heteroatoms. The topological polar surface area (TPSA) is 57.5 Å². The van der Waals surface area contributed by atoms with E-state index in [4.69, 9.17) is 0 Å². The number of carbonyl (C=O) groups is 1. The van der Waals surface area contributed by atoms with Crippen molar-refractivity contribution >= 4 is 62.8 Å². The Bertz CT molecular complexity index is 656. The molecule has 2 N–H and O–H groups in total. The van der Waals surface area contributed by atoms with E-state index in [2.05, 4.69) is 0 Å². The van der Waals surface area contributed by atoms with Crippen molar-refractivity contribution in [3.05, 3.63) is 60.7 Å². The molecule has 3 nitrogen and oxygen atoms in total. The number of carboxylic acid groups (broad SMARTS) is 1. The second-order valence-electron chi connectivity index (χ2n) is 4.06. The molecule has 20 heavy (non-hydrogen) atoms. The first kappa shape index (κ1) is 15.3. The van der Waals surface area contributed by atoms with E-state index < -0.39 is 5.97 Å². The Morgan fingerprint density at radius 3 is 2.10 bits per heavy atom. The van der Waals surface area contributed by atoms with Crippen LogP contribution in [-0.4, -0.2) is 16.2 Å². The maximum Gasteiger partial charge on any atom is 0.336 e. The van der Waals surface area contributed by atoms with Gasteiger partial charge >= 0.3 is 5.97 Å². The molecule has 0 aliphatic heterocycles. The zero-order chi connectivity index (χ0) is 14.7. The molecule has 2 aromatic rings. The van der Waals surface area contributed by atoms with E-state index in [0.717, 1.165) is 5.56 Å². The number of rotatable bonds is 3. The Hall–Kier alpha value is -1.09. The largest absolute Gasteiger partial charge is 0.506 e. The summed E-state index contributed by atoms with van der Waals surface area (Å²) in [6.07, 6.45) is 1.61. The minimum atomic E-state index is -0.978. The van der Waals surface area contributed by atoms with Gasteiger partial charge in [-0.2, -0.15) is 0 Å². The van der Waals surface area contributed by atoms with E-state index in [-0.39, 0.29) is 11.3 Å². The van der Waals surface area contributed by atoms with Gasteiger partial charge in [0.2, 0.25) is 0 Å². The van der Waals surface area contributed by atoms with Gasteiger partial charge in [0.25, 0.3) is 0 Å². The molecule has 0 aliphatic carbocycles. The molecule has 0 atom stereocenters. The summed E-state index contributed by atoms with van der Waals surface area (Å²) < 4.78 is 1.39. The van der Waals surface area contributed by atoms with Crippen LogP contribution in [0.2, 0.25) is 0 Å². The number of aliphatic carboxylic acids is 1. The van der Waals surface area contributed by atoms with Crippen molar-refractivity contribution < 1.29 is 15.0 Å². The van der Waals surface area contributed by atoms with Gasteiger partial charge in [-0.25, -0.2) is 4.79 Å². The Labute approximate surface area is 143 Å². The number of carboxylic acids is 1. The zero-order valence-corrected chi connectivity index (χ0v) is 14.5. The van der Waals surface area contributed by atoms with Crippen molar-refractivity contribution in [2.45, 2.75) is 0 Å². The Morgan fingerprint density at radius 1 is 1.05 bits per heavy atom. The van der Waals surface area contributed by atoms with Crippen LogP contribution in [0.3, 0.4) is 0 Å². The van der Waals surface area contributed by atoms with Gasteiger partial charge in [-0.05, 0) is 74.5 Å². The lowest BCUT2D eigenvalue weighted by atomic mass is 10.0. The maximum atomic E-state index is 11.4. The Kier molecular flexibility index (Phi) is 5.03. The van der Waals surface area contributed by atoms with E-state index >= 15 is 0 Å². The van der Waals surface area contributed by atoms with E-state index in [1.807, 2.05) is 51.2 Å². The lowest BCUT2D eigenvalue weighted by Gasteiger charge is -2.05. The van der Waals surface area contributed by atoms with Crippen LogP contribution in [0, 0.1) is 7.14 Å². The van der Waals surface area contributed by atoms with Gasteiger partial charge in [-0.3, -0.25) is 0 Å². The third kappa shape index (κ3) is 3.51. The summed E-state index contributed by atoms with van der Waals surface area (Å²) in [6, 6.07) is 12.5.